The molecule has 1 spiro atoms. The normalized spacial score (nSPS) is 19.7. The molecule has 1 fully saturated rings. The molecule has 3 heterocycles. The van der Waals surface area contributed by atoms with Gasteiger partial charge >= 0.3 is 5.97 Å². The highest BCUT2D eigenvalue weighted by molar-refractivity contribution is 7.90. The van der Waals surface area contributed by atoms with Gasteiger partial charge in [0, 0.05) is 35.5 Å². The van der Waals surface area contributed by atoms with E-state index in [1.54, 1.807) is 49.6 Å². The van der Waals surface area contributed by atoms with Gasteiger partial charge in [0.05, 0.1) is 24.0 Å². The minimum absolute atomic E-state index is 0.0436. The second-order valence-corrected chi connectivity index (χ2v) is 12.7. The van der Waals surface area contributed by atoms with Gasteiger partial charge in [-0.25, -0.2) is 13.2 Å². The summed E-state index contributed by atoms with van der Waals surface area (Å²) in [6.07, 6.45) is 5.28. The molecule has 2 aromatic carbocycles. The molecule has 2 aliphatic rings. The first-order chi connectivity index (χ1) is 19.0. The van der Waals surface area contributed by atoms with Crippen molar-refractivity contribution in [3.63, 3.8) is 0 Å². The number of piperidine rings is 1. The summed E-state index contributed by atoms with van der Waals surface area (Å²) in [5.74, 6) is -1.02. The van der Waals surface area contributed by atoms with Crippen molar-refractivity contribution in [1.82, 2.24) is 10.2 Å². The summed E-state index contributed by atoms with van der Waals surface area (Å²) in [6.45, 7) is 3.01. The molecule has 2 N–H and O–H groups in total. The Bertz CT molecular complexity index is 1610. The summed E-state index contributed by atoms with van der Waals surface area (Å²) in [4.78, 5) is 27.7. The van der Waals surface area contributed by atoms with Gasteiger partial charge in [-0.05, 0) is 73.3 Å². The number of aryl methyl sites for hydroxylation is 1. The van der Waals surface area contributed by atoms with Gasteiger partial charge in [0.15, 0.2) is 21.2 Å². The van der Waals surface area contributed by atoms with Crippen molar-refractivity contribution in [2.75, 3.05) is 25.9 Å². The summed E-state index contributed by atoms with van der Waals surface area (Å²) in [7, 11) is -3.41. The summed E-state index contributed by atoms with van der Waals surface area (Å²) < 4.78 is 34.9. The Balaban J connectivity index is 1.39. The quantitative estimate of drug-likeness (QED) is 0.394. The van der Waals surface area contributed by atoms with Crippen LogP contribution in [0.2, 0.25) is 5.02 Å². The highest BCUT2D eigenvalue weighted by Crippen LogP contribution is 2.44. The zero-order valence-electron chi connectivity index (χ0n) is 22.1. The van der Waals surface area contributed by atoms with Gasteiger partial charge < -0.3 is 19.6 Å². The molecular formula is C29H29ClN2O7S. The maximum Gasteiger partial charge on any atom is 0.343 e. The molecule has 0 aliphatic carbocycles. The molecule has 1 unspecified atom stereocenters. The lowest BCUT2D eigenvalue weighted by molar-refractivity contribution is -0.152. The lowest BCUT2D eigenvalue weighted by atomic mass is 9.87. The van der Waals surface area contributed by atoms with E-state index in [2.05, 4.69) is 5.32 Å². The topological polar surface area (TPSA) is 126 Å². The molecule has 1 amide bonds. The Kier molecular flexibility index (Phi) is 7.52. The fourth-order valence-corrected chi connectivity index (χ4v) is 6.22. The second kappa shape index (κ2) is 10.8. The van der Waals surface area contributed by atoms with Crippen molar-refractivity contribution >= 4 is 38.9 Å². The largest absolute Gasteiger partial charge is 0.507 e. The molecule has 210 valence electrons. The molecule has 1 atom stereocenters. The maximum absolute atomic E-state index is 13.1. The van der Waals surface area contributed by atoms with Crippen LogP contribution < -0.4 is 5.32 Å². The number of rotatable bonds is 7. The van der Waals surface area contributed by atoms with Crippen molar-refractivity contribution in [1.29, 1.82) is 0 Å². The molecule has 0 saturated carbocycles. The number of nitrogens with one attached hydrogen (secondary N) is 1. The number of sulfone groups is 1. The number of esters is 1. The molecule has 0 bridgehead atoms. The van der Waals surface area contributed by atoms with Crippen LogP contribution in [0, 0.1) is 6.92 Å². The standard InChI is InChI=1S/C29H29ClN2O7S/c1-18-11-23(20-5-3-6-21(12-20)40(2,36)37)24(30)13-22(18)26-27(34)29(39-28(26)35)8-4-9-32(17-29)15-25(33)31-14-19-7-10-38-16-19/h3,5-7,10-13,16,34H,4,8-9,14-15,17H2,1-2H3,(H,31,33). The number of amides is 1. The Morgan fingerprint density at radius 3 is 2.73 bits per heavy atom. The van der Waals surface area contributed by atoms with E-state index >= 15 is 0 Å². The lowest BCUT2D eigenvalue weighted by Gasteiger charge is -2.38. The first-order valence-corrected chi connectivity index (χ1v) is 15.0. The Morgan fingerprint density at radius 2 is 2.00 bits per heavy atom. The average molecular weight is 585 g/mol. The number of carbonyl (C=O) groups is 2. The van der Waals surface area contributed by atoms with Crippen LogP contribution in [0.25, 0.3) is 16.7 Å². The highest BCUT2D eigenvalue weighted by atomic mass is 35.5. The second-order valence-electron chi connectivity index (χ2n) is 10.3. The number of ether oxygens (including phenoxy) is 1. The molecule has 1 aromatic heterocycles. The number of hydrogen-bond acceptors (Lipinski definition) is 8. The van der Waals surface area contributed by atoms with Crippen molar-refractivity contribution < 1.29 is 32.3 Å². The van der Waals surface area contributed by atoms with Crippen molar-refractivity contribution in [2.45, 2.75) is 36.8 Å². The van der Waals surface area contributed by atoms with Crippen LogP contribution >= 0.6 is 11.6 Å². The van der Waals surface area contributed by atoms with Gasteiger partial charge in [-0.3, -0.25) is 9.69 Å². The van der Waals surface area contributed by atoms with Gasteiger partial charge in [-0.2, -0.15) is 0 Å². The third kappa shape index (κ3) is 5.52. The lowest BCUT2D eigenvalue weighted by Crippen LogP contribution is -2.52. The van der Waals surface area contributed by atoms with Gasteiger partial charge in [0.25, 0.3) is 0 Å². The molecule has 11 heteroatoms. The van der Waals surface area contributed by atoms with E-state index in [0.29, 0.717) is 53.2 Å². The third-order valence-corrected chi connectivity index (χ3v) is 8.71. The van der Waals surface area contributed by atoms with E-state index in [9.17, 15) is 23.1 Å². The Hall–Kier alpha value is -3.60. The molecule has 1 saturated heterocycles. The minimum atomic E-state index is -3.41. The first kappa shape index (κ1) is 27.9. The van der Waals surface area contributed by atoms with E-state index in [1.807, 2.05) is 4.90 Å². The van der Waals surface area contributed by atoms with Crippen molar-refractivity contribution in [3.05, 3.63) is 82.5 Å². The SMILES string of the molecule is Cc1cc(-c2cccc(S(C)(=O)=O)c2)c(Cl)cc1C1=C(O)C2(CCCN(CC(=O)NCc3ccoc3)C2)OC1=O. The summed E-state index contributed by atoms with van der Waals surface area (Å²) in [5.41, 5.74) is 1.94. The summed E-state index contributed by atoms with van der Waals surface area (Å²) in [5, 5.41) is 14.5. The monoisotopic (exact) mass is 584 g/mol. The summed E-state index contributed by atoms with van der Waals surface area (Å²) >= 11 is 6.64. The number of halogens is 1. The van der Waals surface area contributed by atoms with Crippen LogP contribution in [0.5, 0.6) is 0 Å². The molecule has 2 aliphatic heterocycles. The van der Waals surface area contributed by atoms with Gasteiger partial charge in [-0.15, -0.1) is 0 Å². The van der Waals surface area contributed by atoms with Crippen LogP contribution in [0.1, 0.15) is 29.5 Å². The number of aliphatic hydroxyl groups is 1. The van der Waals surface area contributed by atoms with E-state index < -0.39 is 21.4 Å². The van der Waals surface area contributed by atoms with Crippen molar-refractivity contribution in [3.8, 4) is 11.1 Å². The van der Waals surface area contributed by atoms with E-state index in [0.717, 1.165) is 11.8 Å². The van der Waals surface area contributed by atoms with E-state index in [-0.39, 0.29) is 35.2 Å². The smallest absolute Gasteiger partial charge is 0.343 e. The highest BCUT2D eigenvalue weighted by Gasteiger charge is 2.51. The van der Waals surface area contributed by atoms with Crippen LogP contribution in [-0.4, -0.2) is 61.8 Å². The van der Waals surface area contributed by atoms with E-state index in [4.69, 9.17) is 20.8 Å². The number of hydrogen-bond donors (Lipinski definition) is 2. The molecule has 3 aromatic rings. The average Bonchev–Trinajstić information content (AvgIpc) is 3.50. The van der Waals surface area contributed by atoms with Crippen LogP contribution in [0.3, 0.4) is 0 Å². The number of carbonyl (C=O) groups excluding carboxylic acids is 2. The molecule has 9 nitrogen and oxygen atoms in total. The number of likely N-dealkylation sites (tertiary alicyclic amines) is 1. The van der Waals surface area contributed by atoms with Gasteiger partial charge in [-0.1, -0.05) is 23.7 Å². The predicted octanol–water partition coefficient (Wildman–Crippen LogP) is 4.29. The number of furan rings is 1. The molecule has 40 heavy (non-hydrogen) atoms. The van der Waals surface area contributed by atoms with Gasteiger partial charge in [0.1, 0.15) is 5.57 Å². The Morgan fingerprint density at radius 1 is 1.20 bits per heavy atom. The number of nitrogens with zero attached hydrogens (tertiary/aromatic N) is 1. The third-order valence-electron chi connectivity index (χ3n) is 7.29. The predicted molar refractivity (Wildman–Crippen MR) is 149 cm³/mol. The fourth-order valence-electron chi connectivity index (χ4n) is 5.28. The zero-order chi connectivity index (χ0) is 28.7. The van der Waals surface area contributed by atoms with Crippen LogP contribution in [-0.2, 0) is 30.7 Å². The molecular weight excluding hydrogens is 556 g/mol. The Labute approximate surface area is 237 Å². The maximum atomic E-state index is 13.1. The zero-order valence-corrected chi connectivity index (χ0v) is 23.6. The van der Waals surface area contributed by atoms with Crippen LogP contribution in [0.15, 0.2) is 70.1 Å². The summed E-state index contributed by atoms with van der Waals surface area (Å²) in [6, 6.07) is 11.6. The molecule has 0 radical (unpaired) electrons. The number of benzene rings is 2. The molecule has 5 rings (SSSR count). The van der Waals surface area contributed by atoms with Crippen molar-refractivity contribution in [2.24, 2.45) is 0 Å². The number of aliphatic hydroxyl groups excluding tert-OH is 1. The van der Waals surface area contributed by atoms with Gasteiger partial charge in [0.2, 0.25) is 5.91 Å². The fraction of sp³-hybridized carbons (Fsp3) is 0.310. The first-order valence-electron chi connectivity index (χ1n) is 12.7. The van der Waals surface area contributed by atoms with Crippen LogP contribution in [0.4, 0.5) is 0 Å². The minimum Gasteiger partial charge on any atom is -0.507 e. The van der Waals surface area contributed by atoms with E-state index in [1.165, 1.54) is 12.3 Å².